The van der Waals surface area contributed by atoms with Crippen LogP contribution in [0.25, 0.3) is 11.1 Å². The van der Waals surface area contributed by atoms with Crippen LogP contribution in [0.3, 0.4) is 0 Å². The van der Waals surface area contributed by atoms with Gasteiger partial charge in [-0.25, -0.2) is 4.79 Å². The fourth-order valence-corrected chi connectivity index (χ4v) is 4.10. The van der Waals surface area contributed by atoms with E-state index in [2.05, 4.69) is 21.2 Å². The summed E-state index contributed by atoms with van der Waals surface area (Å²) in [7, 11) is 0. The van der Waals surface area contributed by atoms with Crippen LogP contribution in [0.2, 0.25) is 0 Å². The van der Waals surface area contributed by atoms with Gasteiger partial charge in [-0.3, -0.25) is 4.79 Å². The van der Waals surface area contributed by atoms with Crippen molar-refractivity contribution in [2.45, 2.75) is 20.8 Å². The molecule has 7 heteroatoms. The van der Waals surface area contributed by atoms with E-state index in [9.17, 15) is 9.59 Å². The molecule has 0 radical (unpaired) electrons. The minimum Gasteiger partial charge on any atom is -0.483 e. The maximum Gasteiger partial charge on any atom is 0.341 e. The number of esters is 1. The number of aryl methyl sites for hydroxylation is 2. The topological polar surface area (TPSA) is 64.6 Å². The van der Waals surface area contributed by atoms with Crippen molar-refractivity contribution in [2.24, 2.45) is 0 Å². The molecule has 0 saturated carbocycles. The van der Waals surface area contributed by atoms with Gasteiger partial charge in [0.05, 0.1) is 6.61 Å². The number of carbonyl (C=O) groups is 2. The fourth-order valence-electron chi connectivity index (χ4n) is 2.87. The summed E-state index contributed by atoms with van der Waals surface area (Å²) in [6, 6.07) is 13.4. The molecule has 1 aromatic heterocycles. The highest BCUT2D eigenvalue weighted by Gasteiger charge is 2.23. The maximum atomic E-state index is 12.6. The number of ether oxygens (including phenoxy) is 2. The normalized spacial score (nSPS) is 10.5. The molecule has 5 nitrogen and oxygen atoms in total. The third-order valence-electron chi connectivity index (χ3n) is 4.38. The van der Waals surface area contributed by atoms with Gasteiger partial charge in [0.1, 0.15) is 16.3 Å². The van der Waals surface area contributed by atoms with Crippen LogP contribution in [0, 0.1) is 13.8 Å². The van der Waals surface area contributed by atoms with Gasteiger partial charge in [-0.05, 0) is 55.7 Å². The second-order valence-corrected chi connectivity index (χ2v) is 8.48. The zero-order valence-electron chi connectivity index (χ0n) is 17.0. The Hall–Kier alpha value is -2.64. The predicted octanol–water partition coefficient (Wildman–Crippen LogP) is 5.99. The lowest BCUT2D eigenvalue weighted by molar-refractivity contribution is -0.118. The van der Waals surface area contributed by atoms with Crippen molar-refractivity contribution in [3.63, 3.8) is 0 Å². The molecule has 156 valence electrons. The Morgan fingerprint density at radius 2 is 1.83 bits per heavy atom. The van der Waals surface area contributed by atoms with E-state index in [-0.39, 0.29) is 19.1 Å². The van der Waals surface area contributed by atoms with Gasteiger partial charge in [-0.1, -0.05) is 40.2 Å². The fraction of sp³-hybridized carbons (Fsp3) is 0.217. The number of hydrogen-bond donors (Lipinski definition) is 1. The van der Waals surface area contributed by atoms with Gasteiger partial charge < -0.3 is 14.8 Å². The summed E-state index contributed by atoms with van der Waals surface area (Å²) in [5, 5.41) is 5.09. The summed E-state index contributed by atoms with van der Waals surface area (Å²) in [6.07, 6.45) is 0. The minimum absolute atomic E-state index is 0.155. The van der Waals surface area contributed by atoms with Crippen molar-refractivity contribution in [3.8, 4) is 16.9 Å². The first kappa shape index (κ1) is 22.1. The Bertz CT molecular complexity index is 1060. The average Bonchev–Trinajstić information content (AvgIpc) is 3.13. The number of nitrogens with one attached hydrogen (secondary N) is 1. The van der Waals surface area contributed by atoms with Gasteiger partial charge in [0, 0.05) is 15.4 Å². The first-order valence-electron chi connectivity index (χ1n) is 9.43. The van der Waals surface area contributed by atoms with Crippen molar-refractivity contribution >= 4 is 44.1 Å². The molecule has 0 bridgehead atoms. The zero-order valence-corrected chi connectivity index (χ0v) is 19.4. The number of benzene rings is 2. The molecular formula is C23H22BrNO4S. The minimum atomic E-state index is -0.470. The molecule has 0 unspecified atom stereocenters. The Morgan fingerprint density at radius 3 is 2.53 bits per heavy atom. The summed E-state index contributed by atoms with van der Waals surface area (Å²) < 4.78 is 11.8. The first-order chi connectivity index (χ1) is 14.4. The first-order valence-corrected chi connectivity index (χ1v) is 11.1. The Labute approximate surface area is 188 Å². The van der Waals surface area contributed by atoms with Crippen LogP contribution in [0.1, 0.15) is 28.4 Å². The SMILES string of the molecule is CCOC(=O)c1c(-c2ccc(Br)cc2)csc1NC(=O)COc1cc(C)ccc1C. The van der Waals surface area contributed by atoms with Crippen LogP contribution in [0.15, 0.2) is 52.3 Å². The monoisotopic (exact) mass is 487 g/mol. The molecule has 30 heavy (non-hydrogen) atoms. The number of hydrogen-bond acceptors (Lipinski definition) is 5. The van der Waals surface area contributed by atoms with Crippen molar-refractivity contribution in [1.29, 1.82) is 0 Å². The second-order valence-electron chi connectivity index (χ2n) is 6.69. The molecule has 0 aliphatic heterocycles. The van der Waals surface area contributed by atoms with E-state index in [0.29, 0.717) is 16.3 Å². The van der Waals surface area contributed by atoms with E-state index in [1.54, 1.807) is 6.92 Å². The highest BCUT2D eigenvalue weighted by molar-refractivity contribution is 9.10. The number of halogens is 1. The lowest BCUT2D eigenvalue weighted by atomic mass is 10.0. The van der Waals surface area contributed by atoms with Crippen LogP contribution >= 0.6 is 27.3 Å². The van der Waals surface area contributed by atoms with Crippen LogP contribution in [-0.4, -0.2) is 25.1 Å². The highest BCUT2D eigenvalue weighted by Crippen LogP contribution is 2.36. The van der Waals surface area contributed by atoms with Crippen molar-refractivity contribution < 1.29 is 19.1 Å². The molecule has 0 fully saturated rings. The molecule has 3 aromatic rings. The lowest BCUT2D eigenvalue weighted by Crippen LogP contribution is -2.21. The summed E-state index contributed by atoms with van der Waals surface area (Å²) >= 11 is 4.70. The number of amides is 1. The molecule has 0 atom stereocenters. The molecule has 0 aliphatic carbocycles. The van der Waals surface area contributed by atoms with Gasteiger partial charge in [-0.15, -0.1) is 11.3 Å². The summed E-state index contributed by atoms with van der Waals surface area (Å²) in [5.41, 5.74) is 3.94. The molecule has 0 spiro atoms. The summed E-state index contributed by atoms with van der Waals surface area (Å²) in [4.78, 5) is 25.1. The van der Waals surface area contributed by atoms with Crippen LogP contribution in [0.4, 0.5) is 5.00 Å². The zero-order chi connectivity index (χ0) is 21.7. The average molecular weight is 488 g/mol. The van der Waals surface area contributed by atoms with Crippen molar-refractivity contribution in [2.75, 3.05) is 18.5 Å². The molecule has 1 amide bonds. The molecular weight excluding hydrogens is 466 g/mol. The van der Waals surface area contributed by atoms with E-state index >= 15 is 0 Å². The third kappa shape index (κ3) is 5.29. The molecule has 1 heterocycles. The summed E-state index contributed by atoms with van der Waals surface area (Å²) in [5.74, 6) is -0.148. The Kier molecular flexibility index (Phi) is 7.29. The van der Waals surface area contributed by atoms with Gasteiger partial charge >= 0.3 is 5.97 Å². The summed E-state index contributed by atoms with van der Waals surface area (Å²) in [6.45, 7) is 5.73. The van der Waals surface area contributed by atoms with Crippen molar-refractivity contribution in [3.05, 3.63) is 69.0 Å². The molecule has 1 N–H and O–H groups in total. The predicted molar refractivity (Wildman–Crippen MR) is 123 cm³/mol. The molecule has 0 saturated heterocycles. The Morgan fingerprint density at radius 1 is 1.10 bits per heavy atom. The number of rotatable bonds is 7. The quantitative estimate of drug-likeness (QED) is 0.415. The van der Waals surface area contributed by atoms with E-state index in [1.807, 2.05) is 61.7 Å². The molecule has 2 aromatic carbocycles. The van der Waals surface area contributed by atoms with Gasteiger partial charge in [0.25, 0.3) is 5.91 Å². The van der Waals surface area contributed by atoms with Crippen LogP contribution < -0.4 is 10.1 Å². The van der Waals surface area contributed by atoms with Gasteiger partial charge in [0.2, 0.25) is 0 Å². The van der Waals surface area contributed by atoms with Gasteiger partial charge in [-0.2, -0.15) is 0 Å². The molecule has 3 rings (SSSR count). The van der Waals surface area contributed by atoms with E-state index in [0.717, 1.165) is 26.7 Å². The van der Waals surface area contributed by atoms with E-state index in [1.165, 1.54) is 11.3 Å². The second kappa shape index (κ2) is 9.91. The smallest absolute Gasteiger partial charge is 0.341 e. The van der Waals surface area contributed by atoms with E-state index < -0.39 is 5.97 Å². The van der Waals surface area contributed by atoms with Gasteiger partial charge in [0.15, 0.2) is 6.61 Å². The Balaban J connectivity index is 1.80. The maximum absolute atomic E-state index is 12.6. The number of carbonyl (C=O) groups excluding carboxylic acids is 2. The largest absolute Gasteiger partial charge is 0.483 e. The molecule has 0 aliphatic rings. The van der Waals surface area contributed by atoms with E-state index in [4.69, 9.17) is 9.47 Å². The van der Waals surface area contributed by atoms with Crippen LogP contribution in [-0.2, 0) is 9.53 Å². The lowest BCUT2D eigenvalue weighted by Gasteiger charge is -2.11. The third-order valence-corrected chi connectivity index (χ3v) is 5.81. The highest BCUT2D eigenvalue weighted by atomic mass is 79.9. The standard InChI is InChI=1S/C23H22BrNO4S/c1-4-28-23(27)21-18(16-7-9-17(24)10-8-16)13-30-22(21)25-20(26)12-29-19-11-14(2)5-6-15(19)3/h5-11,13H,4,12H2,1-3H3,(H,25,26). The number of anilines is 1. The van der Waals surface area contributed by atoms with Crippen molar-refractivity contribution in [1.82, 2.24) is 0 Å². The number of thiophene rings is 1. The van der Waals surface area contributed by atoms with Crippen LogP contribution in [0.5, 0.6) is 5.75 Å².